The van der Waals surface area contributed by atoms with Gasteiger partial charge in [0, 0.05) is 11.8 Å². The summed E-state index contributed by atoms with van der Waals surface area (Å²) in [4.78, 5) is 21.8. The Morgan fingerprint density at radius 1 is 1.19 bits per heavy atom. The van der Waals surface area contributed by atoms with Crippen LogP contribution in [0.25, 0.3) is 0 Å². The van der Waals surface area contributed by atoms with Crippen LogP contribution >= 0.6 is 11.6 Å². The zero-order chi connectivity index (χ0) is 15.6. The van der Waals surface area contributed by atoms with Crippen molar-refractivity contribution in [1.82, 2.24) is 0 Å². The van der Waals surface area contributed by atoms with Crippen LogP contribution in [0.1, 0.15) is 10.4 Å². The SMILES string of the molecule is O=C(Nc1ccc(Cl)c([N+](=O)[O-])c1)c1cc(F)ccc1F. The van der Waals surface area contributed by atoms with Gasteiger partial charge in [-0.2, -0.15) is 0 Å². The van der Waals surface area contributed by atoms with Crippen LogP contribution in [0.2, 0.25) is 5.02 Å². The standard InChI is InChI=1S/C13H7ClF2N2O3/c14-10-3-2-8(6-12(10)18(20)21)17-13(19)9-5-7(15)1-4-11(9)16/h1-6H,(H,17,19). The van der Waals surface area contributed by atoms with E-state index in [-0.39, 0.29) is 10.7 Å². The number of benzene rings is 2. The fourth-order valence-corrected chi connectivity index (χ4v) is 1.79. The molecule has 5 nitrogen and oxygen atoms in total. The second kappa shape index (κ2) is 5.84. The topological polar surface area (TPSA) is 72.2 Å². The van der Waals surface area contributed by atoms with Crippen molar-refractivity contribution in [3.63, 3.8) is 0 Å². The monoisotopic (exact) mass is 312 g/mol. The average Bonchev–Trinajstić information content (AvgIpc) is 2.43. The minimum Gasteiger partial charge on any atom is -0.322 e. The largest absolute Gasteiger partial charge is 0.322 e. The number of carbonyl (C=O) groups is 1. The number of halogens is 3. The van der Waals surface area contributed by atoms with E-state index in [0.29, 0.717) is 0 Å². The Kier molecular flexibility index (Phi) is 4.13. The number of nitro benzene ring substituents is 1. The lowest BCUT2D eigenvalue weighted by Gasteiger charge is -2.06. The van der Waals surface area contributed by atoms with E-state index >= 15 is 0 Å². The van der Waals surface area contributed by atoms with Crippen molar-refractivity contribution in [2.75, 3.05) is 5.32 Å². The lowest BCUT2D eigenvalue weighted by atomic mass is 10.2. The number of anilines is 1. The van der Waals surface area contributed by atoms with Crippen LogP contribution in [0.4, 0.5) is 20.2 Å². The van der Waals surface area contributed by atoms with Crippen LogP contribution in [0.3, 0.4) is 0 Å². The zero-order valence-electron chi connectivity index (χ0n) is 10.3. The fraction of sp³-hybridized carbons (Fsp3) is 0. The van der Waals surface area contributed by atoms with E-state index in [1.54, 1.807) is 0 Å². The number of nitrogens with one attached hydrogen (secondary N) is 1. The quantitative estimate of drug-likeness (QED) is 0.692. The van der Waals surface area contributed by atoms with Crippen LogP contribution < -0.4 is 5.32 Å². The third-order valence-corrected chi connectivity index (χ3v) is 2.89. The maximum atomic E-state index is 13.4. The Bertz CT molecular complexity index is 737. The molecule has 0 saturated heterocycles. The number of rotatable bonds is 3. The van der Waals surface area contributed by atoms with Gasteiger partial charge < -0.3 is 5.32 Å². The van der Waals surface area contributed by atoms with E-state index in [2.05, 4.69) is 5.32 Å². The summed E-state index contributed by atoms with van der Waals surface area (Å²) < 4.78 is 26.5. The summed E-state index contributed by atoms with van der Waals surface area (Å²) in [6, 6.07) is 5.97. The Hall–Kier alpha value is -2.54. The number of nitrogens with zero attached hydrogens (tertiary/aromatic N) is 1. The molecule has 0 spiro atoms. The van der Waals surface area contributed by atoms with E-state index in [1.165, 1.54) is 12.1 Å². The summed E-state index contributed by atoms with van der Waals surface area (Å²) in [6.45, 7) is 0. The molecular formula is C13H7ClF2N2O3. The van der Waals surface area contributed by atoms with Crippen LogP contribution in [-0.2, 0) is 0 Å². The molecule has 8 heteroatoms. The van der Waals surface area contributed by atoms with Gasteiger partial charge in [-0.3, -0.25) is 14.9 Å². The summed E-state index contributed by atoms with van der Waals surface area (Å²) in [6.07, 6.45) is 0. The number of amides is 1. The van der Waals surface area contributed by atoms with Gasteiger partial charge in [-0.05, 0) is 30.3 Å². The highest BCUT2D eigenvalue weighted by molar-refractivity contribution is 6.32. The first-order valence-corrected chi connectivity index (χ1v) is 5.96. The van der Waals surface area contributed by atoms with Crippen LogP contribution in [0.5, 0.6) is 0 Å². The Morgan fingerprint density at radius 2 is 1.90 bits per heavy atom. The predicted molar refractivity (Wildman–Crippen MR) is 72.4 cm³/mol. The van der Waals surface area contributed by atoms with E-state index in [4.69, 9.17) is 11.6 Å². The average molecular weight is 313 g/mol. The highest BCUT2D eigenvalue weighted by Gasteiger charge is 2.16. The molecule has 0 aromatic heterocycles. The van der Waals surface area contributed by atoms with Crippen molar-refractivity contribution < 1.29 is 18.5 Å². The molecule has 0 heterocycles. The third kappa shape index (κ3) is 3.32. The van der Waals surface area contributed by atoms with Crippen molar-refractivity contribution in [3.8, 4) is 0 Å². The molecule has 2 aromatic rings. The number of nitro groups is 1. The lowest BCUT2D eigenvalue weighted by Crippen LogP contribution is -2.14. The predicted octanol–water partition coefficient (Wildman–Crippen LogP) is 3.78. The van der Waals surface area contributed by atoms with Crippen LogP contribution in [0.15, 0.2) is 36.4 Å². The molecule has 2 rings (SSSR count). The summed E-state index contributed by atoms with van der Waals surface area (Å²) in [5.74, 6) is -2.61. The summed E-state index contributed by atoms with van der Waals surface area (Å²) >= 11 is 5.63. The maximum Gasteiger partial charge on any atom is 0.289 e. The second-order valence-corrected chi connectivity index (χ2v) is 4.41. The minimum atomic E-state index is -0.927. The molecule has 2 aromatic carbocycles. The van der Waals surface area contributed by atoms with Gasteiger partial charge >= 0.3 is 0 Å². The molecule has 0 aliphatic rings. The molecule has 1 N–H and O–H groups in total. The number of hydrogen-bond donors (Lipinski definition) is 1. The van der Waals surface area contributed by atoms with Gasteiger partial charge in [-0.15, -0.1) is 0 Å². The molecule has 0 fully saturated rings. The van der Waals surface area contributed by atoms with Crippen molar-refractivity contribution in [2.24, 2.45) is 0 Å². The van der Waals surface area contributed by atoms with E-state index in [0.717, 1.165) is 24.3 Å². The van der Waals surface area contributed by atoms with Gasteiger partial charge in [0.15, 0.2) is 0 Å². The molecule has 0 radical (unpaired) electrons. The first-order chi connectivity index (χ1) is 9.88. The van der Waals surface area contributed by atoms with Crippen molar-refractivity contribution in [2.45, 2.75) is 0 Å². The molecule has 1 amide bonds. The maximum absolute atomic E-state index is 13.4. The second-order valence-electron chi connectivity index (χ2n) is 4.00. The fourth-order valence-electron chi connectivity index (χ4n) is 1.60. The molecule has 0 aliphatic heterocycles. The van der Waals surface area contributed by atoms with Crippen molar-refractivity contribution >= 4 is 28.9 Å². The first-order valence-electron chi connectivity index (χ1n) is 5.59. The molecule has 21 heavy (non-hydrogen) atoms. The lowest BCUT2D eigenvalue weighted by molar-refractivity contribution is -0.384. The van der Waals surface area contributed by atoms with Crippen LogP contribution in [0, 0.1) is 21.7 Å². The van der Waals surface area contributed by atoms with Gasteiger partial charge in [0.2, 0.25) is 0 Å². The normalized spacial score (nSPS) is 10.2. The number of carbonyl (C=O) groups excluding carboxylic acids is 1. The van der Waals surface area contributed by atoms with E-state index in [9.17, 15) is 23.7 Å². The van der Waals surface area contributed by atoms with Gasteiger partial charge in [0.05, 0.1) is 10.5 Å². The third-order valence-electron chi connectivity index (χ3n) is 2.57. The molecule has 0 bridgehead atoms. The smallest absolute Gasteiger partial charge is 0.289 e. The van der Waals surface area contributed by atoms with Crippen molar-refractivity contribution in [3.05, 3.63) is 68.7 Å². The summed E-state index contributed by atoms with van der Waals surface area (Å²) in [5.41, 5.74) is -0.874. The van der Waals surface area contributed by atoms with E-state index < -0.39 is 33.7 Å². The highest BCUT2D eigenvalue weighted by Crippen LogP contribution is 2.27. The molecule has 108 valence electrons. The molecular weight excluding hydrogens is 306 g/mol. The molecule has 0 atom stereocenters. The van der Waals surface area contributed by atoms with Crippen molar-refractivity contribution in [1.29, 1.82) is 0 Å². The van der Waals surface area contributed by atoms with Crippen LogP contribution in [-0.4, -0.2) is 10.8 Å². The zero-order valence-corrected chi connectivity index (χ0v) is 11.0. The molecule has 0 aliphatic carbocycles. The summed E-state index contributed by atoms with van der Waals surface area (Å²) in [5, 5.41) is 12.9. The Morgan fingerprint density at radius 3 is 2.57 bits per heavy atom. The van der Waals surface area contributed by atoms with E-state index in [1.807, 2.05) is 0 Å². The number of hydrogen-bond acceptors (Lipinski definition) is 3. The summed E-state index contributed by atoms with van der Waals surface area (Å²) in [7, 11) is 0. The Labute approximate surface area is 122 Å². The highest BCUT2D eigenvalue weighted by atomic mass is 35.5. The van der Waals surface area contributed by atoms with Gasteiger partial charge in [-0.1, -0.05) is 11.6 Å². The van der Waals surface area contributed by atoms with Gasteiger partial charge in [-0.25, -0.2) is 8.78 Å². The van der Waals surface area contributed by atoms with Gasteiger partial charge in [0.1, 0.15) is 16.7 Å². The molecule has 0 saturated carbocycles. The van der Waals surface area contributed by atoms with Gasteiger partial charge in [0.25, 0.3) is 11.6 Å². The first kappa shape index (κ1) is 14.9. The molecule has 0 unspecified atom stereocenters. The minimum absolute atomic E-state index is 0.0414. The Balaban J connectivity index is 2.29.